The molecule has 0 bridgehead atoms. The average Bonchev–Trinajstić information content (AvgIpc) is 2.60. The van der Waals surface area contributed by atoms with E-state index in [4.69, 9.17) is 11.6 Å². The number of hydrogen-bond donors (Lipinski definition) is 1. The van der Waals surface area contributed by atoms with Gasteiger partial charge in [-0.2, -0.15) is 13.2 Å². The van der Waals surface area contributed by atoms with E-state index in [1.54, 1.807) is 20.2 Å². The van der Waals surface area contributed by atoms with Crippen molar-refractivity contribution in [3.63, 3.8) is 0 Å². The summed E-state index contributed by atoms with van der Waals surface area (Å²) in [6.45, 7) is 2.27. The molecule has 8 heteroatoms. The predicted molar refractivity (Wildman–Crippen MR) is 95.1 cm³/mol. The summed E-state index contributed by atoms with van der Waals surface area (Å²) in [5.41, 5.74) is -0.0238. The number of likely N-dealkylation sites (N-methyl/N-ethyl adjacent to an activating group) is 1. The molecule has 4 nitrogen and oxygen atoms in total. The molecule has 0 aliphatic carbocycles. The van der Waals surface area contributed by atoms with Crippen molar-refractivity contribution < 1.29 is 18.0 Å². The van der Waals surface area contributed by atoms with Gasteiger partial charge in [0.1, 0.15) is 0 Å². The zero-order valence-electron chi connectivity index (χ0n) is 14.3. The number of anilines is 1. The van der Waals surface area contributed by atoms with Crippen molar-refractivity contribution in [2.24, 2.45) is 0 Å². The molecule has 1 amide bonds. The van der Waals surface area contributed by atoms with E-state index in [1.165, 1.54) is 6.07 Å². The maximum atomic E-state index is 12.9. The molecule has 2 aromatic rings. The molecule has 1 unspecified atom stereocenters. The van der Waals surface area contributed by atoms with Crippen molar-refractivity contribution in [2.45, 2.75) is 25.6 Å². The van der Waals surface area contributed by atoms with Crippen LogP contribution in [-0.4, -0.2) is 35.4 Å². The summed E-state index contributed by atoms with van der Waals surface area (Å²) >= 11 is 5.58. The van der Waals surface area contributed by atoms with Crippen LogP contribution in [-0.2, 0) is 17.4 Å². The third-order valence-corrected chi connectivity index (χ3v) is 4.36. The zero-order chi connectivity index (χ0) is 19.3. The van der Waals surface area contributed by atoms with Crippen LogP contribution in [0, 0.1) is 0 Å². The second-order valence-corrected chi connectivity index (χ2v) is 6.32. The topological polar surface area (TPSA) is 45.2 Å². The number of nitrogens with one attached hydrogen (secondary N) is 1. The van der Waals surface area contributed by atoms with Gasteiger partial charge in [-0.3, -0.25) is 14.7 Å². The second kappa shape index (κ2) is 8.51. The molecular formula is C18H19ClF3N3O. The van der Waals surface area contributed by atoms with E-state index in [2.05, 4.69) is 10.3 Å². The minimum absolute atomic E-state index is 0.0525. The number of nitrogens with zero attached hydrogens (tertiary/aromatic N) is 2. The number of carbonyl (C=O) groups is 1. The van der Waals surface area contributed by atoms with Gasteiger partial charge in [0.15, 0.2) is 0 Å². The number of benzene rings is 1. The zero-order valence-corrected chi connectivity index (χ0v) is 15.1. The smallest absolute Gasteiger partial charge is 0.325 e. The summed E-state index contributed by atoms with van der Waals surface area (Å²) in [5, 5.41) is 2.10. The molecule has 0 aliphatic rings. The van der Waals surface area contributed by atoms with Crippen LogP contribution >= 0.6 is 11.6 Å². The van der Waals surface area contributed by atoms with Crippen molar-refractivity contribution in [3.8, 4) is 0 Å². The SMILES string of the molecule is CC(C(=O)Nc1ccc(Cl)c(C(F)(F)F)c1)N(C)CCc1ccccn1. The summed E-state index contributed by atoms with van der Waals surface area (Å²) in [5.74, 6) is -0.399. The van der Waals surface area contributed by atoms with E-state index in [1.807, 2.05) is 23.1 Å². The fraction of sp³-hybridized carbons (Fsp3) is 0.333. The van der Waals surface area contributed by atoms with E-state index in [9.17, 15) is 18.0 Å². The summed E-state index contributed by atoms with van der Waals surface area (Å²) in [6.07, 6.45) is -2.22. The largest absolute Gasteiger partial charge is 0.417 e. The van der Waals surface area contributed by atoms with E-state index < -0.39 is 28.7 Å². The number of hydrogen-bond acceptors (Lipinski definition) is 3. The van der Waals surface area contributed by atoms with Crippen LogP contribution in [0.15, 0.2) is 42.6 Å². The van der Waals surface area contributed by atoms with Gasteiger partial charge in [-0.05, 0) is 44.3 Å². The maximum Gasteiger partial charge on any atom is 0.417 e. The summed E-state index contributed by atoms with van der Waals surface area (Å²) in [6, 6.07) is 8.38. The van der Waals surface area contributed by atoms with Gasteiger partial charge in [0.25, 0.3) is 0 Å². The lowest BCUT2D eigenvalue weighted by Crippen LogP contribution is -2.40. The minimum Gasteiger partial charge on any atom is -0.325 e. The lowest BCUT2D eigenvalue weighted by atomic mass is 10.1. The summed E-state index contributed by atoms with van der Waals surface area (Å²) in [7, 11) is 1.77. The van der Waals surface area contributed by atoms with Gasteiger partial charge in [0.2, 0.25) is 5.91 Å². The maximum absolute atomic E-state index is 12.9. The molecule has 1 atom stereocenters. The molecule has 26 heavy (non-hydrogen) atoms. The lowest BCUT2D eigenvalue weighted by Gasteiger charge is -2.24. The van der Waals surface area contributed by atoms with Crippen LogP contribution in [0.5, 0.6) is 0 Å². The van der Waals surface area contributed by atoms with Gasteiger partial charge in [-0.1, -0.05) is 17.7 Å². The van der Waals surface area contributed by atoms with E-state index in [-0.39, 0.29) is 5.69 Å². The van der Waals surface area contributed by atoms with E-state index in [0.29, 0.717) is 13.0 Å². The Bertz CT molecular complexity index is 753. The highest BCUT2D eigenvalue weighted by Gasteiger charge is 2.33. The Morgan fingerprint density at radius 3 is 2.65 bits per heavy atom. The van der Waals surface area contributed by atoms with Crippen molar-refractivity contribution in [1.29, 1.82) is 0 Å². The average molecular weight is 386 g/mol. The number of pyridine rings is 1. The fourth-order valence-corrected chi connectivity index (χ4v) is 2.52. The minimum atomic E-state index is -4.58. The van der Waals surface area contributed by atoms with Crippen molar-refractivity contribution in [2.75, 3.05) is 18.9 Å². The molecule has 1 heterocycles. The van der Waals surface area contributed by atoms with Gasteiger partial charge in [-0.15, -0.1) is 0 Å². The molecule has 140 valence electrons. The molecule has 0 spiro atoms. The molecule has 0 aliphatic heterocycles. The Kier molecular flexibility index (Phi) is 6.61. The number of aromatic nitrogens is 1. The number of alkyl halides is 3. The van der Waals surface area contributed by atoms with Gasteiger partial charge in [-0.25, -0.2) is 0 Å². The van der Waals surface area contributed by atoms with Crippen LogP contribution < -0.4 is 5.32 Å². The standard InChI is InChI=1S/C18H19ClF3N3O/c1-12(25(2)10-8-13-5-3-4-9-23-13)17(26)24-14-6-7-16(19)15(11-14)18(20,21)22/h3-7,9,11-12H,8,10H2,1-2H3,(H,24,26). The molecule has 1 N–H and O–H groups in total. The van der Waals surface area contributed by atoms with Gasteiger partial charge in [0.05, 0.1) is 16.6 Å². The highest BCUT2D eigenvalue weighted by Crippen LogP contribution is 2.36. The van der Waals surface area contributed by atoms with Crippen molar-refractivity contribution in [1.82, 2.24) is 9.88 Å². The Hall–Kier alpha value is -2.12. The normalized spacial score (nSPS) is 12.9. The summed E-state index contributed by atoms with van der Waals surface area (Å²) in [4.78, 5) is 18.4. The summed E-state index contributed by atoms with van der Waals surface area (Å²) < 4.78 is 38.7. The molecule has 0 radical (unpaired) electrons. The fourth-order valence-electron chi connectivity index (χ4n) is 2.30. The third kappa shape index (κ3) is 5.44. The second-order valence-electron chi connectivity index (χ2n) is 5.91. The monoisotopic (exact) mass is 385 g/mol. The van der Waals surface area contributed by atoms with Crippen molar-refractivity contribution >= 4 is 23.2 Å². The number of amides is 1. The Morgan fingerprint density at radius 1 is 1.31 bits per heavy atom. The predicted octanol–water partition coefficient (Wildman–Crippen LogP) is 4.26. The highest BCUT2D eigenvalue weighted by atomic mass is 35.5. The Morgan fingerprint density at radius 2 is 2.04 bits per heavy atom. The molecule has 1 aromatic carbocycles. The molecule has 0 saturated carbocycles. The van der Waals surface area contributed by atoms with Crippen LogP contribution in [0.2, 0.25) is 5.02 Å². The van der Waals surface area contributed by atoms with Gasteiger partial charge < -0.3 is 5.32 Å². The number of carbonyl (C=O) groups excluding carboxylic acids is 1. The lowest BCUT2D eigenvalue weighted by molar-refractivity contribution is -0.137. The first-order chi connectivity index (χ1) is 12.2. The molecule has 2 rings (SSSR count). The van der Waals surface area contributed by atoms with Crippen LogP contribution in [0.4, 0.5) is 18.9 Å². The first-order valence-electron chi connectivity index (χ1n) is 7.96. The highest BCUT2D eigenvalue weighted by molar-refractivity contribution is 6.31. The Balaban J connectivity index is 1.98. The van der Waals surface area contributed by atoms with E-state index >= 15 is 0 Å². The van der Waals surface area contributed by atoms with Crippen LogP contribution in [0.25, 0.3) is 0 Å². The molecule has 0 fully saturated rings. The van der Waals surface area contributed by atoms with E-state index in [0.717, 1.165) is 17.8 Å². The molecule has 0 saturated heterocycles. The van der Waals surface area contributed by atoms with Crippen LogP contribution in [0.1, 0.15) is 18.2 Å². The first-order valence-corrected chi connectivity index (χ1v) is 8.34. The van der Waals surface area contributed by atoms with Crippen molar-refractivity contribution in [3.05, 3.63) is 58.9 Å². The number of halogens is 4. The molecule has 1 aromatic heterocycles. The molecular weight excluding hydrogens is 367 g/mol. The van der Waals surface area contributed by atoms with Gasteiger partial charge >= 0.3 is 6.18 Å². The quantitative estimate of drug-likeness (QED) is 0.808. The first kappa shape index (κ1) is 20.2. The number of rotatable bonds is 6. The van der Waals surface area contributed by atoms with Gasteiger partial charge in [0, 0.05) is 30.5 Å². The third-order valence-electron chi connectivity index (χ3n) is 4.03. The Labute approximate surface area is 155 Å². The van der Waals surface area contributed by atoms with Crippen LogP contribution in [0.3, 0.4) is 0 Å².